The largest absolute Gasteiger partial charge is 0.497 e. The molecular weight excluding hydrogens is 388 g/mol. The number of methoxy groups -OCH3 is 1. The van der Waals surface area contributed by atoms with Crippen LogP contribution in [0.1, 0.15) is 41.6 Å². The van der Waals surface area contributed by atoms with Gasteiger partial charge in [0, 0.05) is 50.5 Å². The molecule has 4 rings (SSSR count). The normalized spacial score (nSPS) is 20.0. The van der Waals surface area contributed by atoms with Gasteiger partial charge < -0.3 is 19.4 Å². The molecule has 6 heteroatoms. The number of carbonyl (C=O) groups excluding carboxylic acids is 1. The third-order valence-corrected chi connectivity index (χ3v) is 6.61. The van der Waals surface area contributed by atoms with Gasteiger partial charge >= 0.3 is 0 Å². The van der Waals surface area contributed by atoms with E-state index in [0.717, 1.165) is 75.5 Å². The van der Waals surface area contributed by atoms with Crippen molar-refractivity contribution in [1.82, 2.24) is 14.8 Å². The van der Waals surface area contributed by atoms with Crippen molar-refractivity contribution in [2.24, 2.45) is 0 Å². The van der Waals surface area contributed by atoms with E-state index in [1.807, 2.05) is 24.3 Å². The Morgan fingerprint density at radius 2 is 1.94 bits per heavy atom. The van der Waals surface area contributed by atoms with Gasteiger partial charge in [0.25, 0.3) is 5.91 Å². The molecule has 1 aromatic carbocycles. The fraction of sp³-hybridized carbons (Fsp3) is 0.520. The van der Waals surface area contributed by atoms with Crippen LogP contribution in [-0.2, 0) is 6.42 Å². The van der Waals surface area contributed by atoms with E-state index in [1.165, 1.54) is 12.0 Å². The van der Waals surface area contributed by atoms with Gasteiger partial charge in [0.15, 0.2) is 0 Å². The van der Waals surface area contributed by atoms with Crippen molar-refractivity contribution >= 4 is 11.7 Å². The van der Waals surface area contributed by atoms with Crippen LogP contribution >= 0.6 is 0 Å². The Labute approximate surface area is 185 Å². The van der Waals surface area contributed by atoms with Gasteiger partial charge in [0.05, 0.1) is 7.11 Å². The molecule has 2 aliphatic heterocycles. The predicted octanol–water partition coefficient (Wildman–Crippen LogP) is 3.47. The van der Waals surface area contributed by atoms with Gasteiger partial charge in [-0.15, -0.1) is 0 Å². The summed E-state index contributed by atoms with van der Waals surface area (Å²) < 4.78 is 5.35. The number of aromatic nitrogens is 1. The van der Waals surface area contributed by atoms with Crippen molar-refractivity contribution < 1.29 is 9.53 Å². The van der Waals surface area contributed by atoms with E-state index in [2.05, 4.69) is 38.9 Å². The zero-order valence-electron chi connectivity index (χ0n) is 18.8. The number of piperazine rings is 1. The molecule has 1 atom stereocenters. The van der Waals surface area contributed by atoms with Gasteiger partial charge in [-0.05, 0) is 69.0 Å². The number of pyridine rings is 1. The van der Waals surface area contributed by atoms with Crippen molar-refractivity contribution in [1.29, 1.82) is 0 Å². The molecule has 0 spiro atoms. The van der Waals surface area contributed by atoms with E-state index in [1.54, 1.807) is 13.3 Å². The smallest absolute Gasteiger partial charge is 0.254 e. The molecular formula is C25H34N4O2. The van der Waals surface area contributed by atoms with Crippen LogP contribution in [0.5, 0.6) is 5.75 Å². The molecule has 166 valence electrons. The van der Waals surface area contributed by atoms with E-state index in [4.69, 9.17) is 4.74 Å². The molecule has 0 radical (unpaired) electrons. The van der Waals surface area contributed by atoms with E-state index in [0.29, 0.717) is 0 Å². The Balaban J connectivity index is 1.44. The second-order valence-corrected chi connectivity index (χ2v) is 8.73. The number of benzene rings is 1. The summed E-state index contributed by atoms with van der Waals surface area (Å²) in [5.41, 5.74) is 2.02. The van der Waals surface area contributed by atoms with Gasteiger partial charge in [-0.2, -0.15) is 0 Å². The molecule has 1 unspecified atom stereocenters. The zero-order chi connectivity index (χ0) is 21.6. The van der Waals surface area contributed by atoms with Crippen molar-refractivity contribution in [2.45, 2.75) is 38.1 Å². The molecule has 0 aliphatic carbocycles. The lowest BCUT2D eigenvalue weighted by Gasteiger charge is -2.36. The number of hydrogen-bond donors (Lipinski definition) is 0. The molecule has 0 bridgehead atoms. The average molecular weight is 423 g/mol. The number of anilines is 1. The van der Waals surface area contributed by atoms with Gasteiger partial charge in [-0.3, -0.25) is 4.79 Å². The van der Waals surface area contributed by atoms with Crippen LogP contribution in [0.25, 0.3) is 0 Å². The number of likely N-dealkylation sites (N-methyl/N-ethyl adjacent to an activating group) is 1. The standard InChI is InChI=1S/C25H34N4O2/c1-27-14-16-28(17-15-27)24-19-21(11-12-26-24)25(30)29-13-4-3-7-22(29)10-9-20-6-5-8-23(18-20)31-2/h5-6,8,11-12,18-19,22H,3-4,7,9-10,13-17H2,1-2H3. The lowest BCUT2D eigenvalue weighted by atomic mass is 9.95. The summed E-state index contributed by atoms with van der Waals surface area (Å²) >= 11 is 0. The Bertz CT molecular complexity index is 879. The van der Waals surface area contributed by atoms with Gasteiger partial charge in [-0.25, -0.2) is 4.98 Å². The van der Waals surface area contributed by atoms with E-state index < -0.39 is 0 Å². The van der Waals surface area contributed by atoms with E-state index in [-0.39, 0.29) is 11.9 Å². The molecule has 2 aliphatic rings. The monoisotopic (exact) mass is 422 g/mol. The first-order valence-electron chi connectivity index (χ1n) is 11.5. The number of piperidine rings is 1. The number of hydrogen-bond acceptors (Lipinski definition) is 5. The van der Waals surface area contributed by atoms with Crippen LogP contribution in [0.3, 0.4) is 0 Å². The summed E-state index contributed by atoms with van der Waals surface area (Å²) in [5, 5.41) is 0. The maximum absolute atomic E-state index is 13.5. The third-order valence-electron chi connectivity index (χ3n) is 6.61. The highest BCUT2D eigenvalue weighted by atomic mass is 16.5. The first-order valence-corrected chi connectivity index (χ1v) is 11.5. The van der Waals surface area contributed by atoms with Gasteiger partial charge in [0.1, 0.15) is 11.6 Å². The Kier molecular flexibility index (Phi) is 7.07. The van der Waals surface area contributed by atoms with E-state index in [9.17, 15) is 4.79 Å². The fourth-order valence-electron chi connectivity index (χ4n) is 4.66. The summed E-state index contributed by atoms with van der Waals surface area (Å²) in [4.78, 5) is 24.7. The molecule has 2 saturated heterocycles. The van der Waals surface area contributed by atoms with Crippen LogP contribution in [0, 0.1) is 0 Å². The summed E-state index contributed by atoms with van der Waals surface area (Å²) in [7, 11) is 3.85. The maximum Gasteiger partial charge on any atom is 0.254 e. The lowest BCUT2D eigenvalue weighted by molar-refractivity contribution is 0.0602. The highest BCUT2D eigenvalue weighted by Gasteiger charge is 2.28. The van der Waals surface area contributed by atoms with Crippen LogP contribution < -0.4 is 9.64 Å². The summed E-state index contributed by atoms with van der Waals surface area (Å²) in [6.07, 6.45) is 7.07. The lowest BCUT2D eigenvalue weighted by Crippen LogP contribution is -2.45. The predicted molar refractivity (Wildman–Crippen MR) is 124 cm³/mol. The Morgan fingerprint density at radius 3 is 2.74 bits per heavy atom. The van der Waals surface area contributed by atoms with E-state index >= 15 is 0 Å². The molecule has 2 fully saturated rings. The number of carbonyl (C=O) groups is 1. The van der Waals surface area contributed by atoms with Crippen molar-refractivity contribution in [3.05, 3.63) is 53.7 Å². The average Bonchev–Trinajstić information content (AvgIpc) is 2.83. The molecule has 3 heterocycles. The van der Waals surface area contributed by atoms with Gasteiger partial charge in [-0.1, -0.05) is 12.1 Å². The highest BCUT2D eigenvalue weighted by molar-refractivity contribution is 5.95. The first-order chi connectivity index (χ1) is 15.1. The van der Waals surface area contributed by atoms with Crippen molar-refractivity contribution in [3.8, 4) is 5.75 Å². The summed E-state index contributed by atoms with van der Waals surface area (Å²) in [5.74, 6) is 1.96. The second kappa shape index (κ2) is 10.1. The minimum Gasteiger partial charge on any atom is -0.497 e. The van der Waals surface area contributed by atoms with Crippen LogP contribution in [0.4, 0.5) is 5.82 Å². The quantitative estimate of drug-likeness (QED) is 0.713. The number of ether oxygens (including phenoxy) is 1. The Hall–Kier alpha value is -2.60. The maximum atomic E-state index is 13.5. The second-order valence-electron chi connectivity index (χ2n) is 8.73. The topological polar surface area (TPSA) is 48.9 Å². The van der Waals surface area contributed by atoms with Crippen molar-refractivity contribution in [3.63, 3.8) is 0 Å². The molecule has 0 N–H and O–H groups in total. The first kappa shape index (κ1) is 21.6. The highest BCUT2D eigenvalue weighted by Crippen LogP contribution is 2.25. The number of nitrogens with zero attached hydrogens (tertiary/aromatic N) is 4. The Morgan fingerprint density at radius 1 is 1.10 bits per heavy atom. The molecule has 1 aromatic heterocycles. The number of likely N-dealkylation sites (tertiary alicyclic amines) is 1. The van der Waals surface area contributed by atoms with Crippen molar-refractivity contribution in [2.75, 3.05) is 51.8 Å². The number of rotatable bonds is 6. The fourth-order valence-corrected chi connectivity index (χ4v) is 4.66. The molecule has 0 saturated carbocycles. The van der Waals surface area contributed by atoms with Gasteiger partial charge in [0.2, 0.25) is 0 Å². The summed E-state index contributed by atoms with van der Waals surface area (Å²) in [6.45, 7) is 4.80. The number of aryl methyl sites for hydroxylation is 1. The van der Waals surface area contributed by atoms with Crippen LogP contribution in [0.15, 0.2) is 42.6 Å². The van der Waals surface area contributed by atoms with Crippen LogP contribution in [0.2, 0.25) is 0 Å². The molecule has 2 aromatic rings. The number of amides is 1. The van der Waals surface area contributed by atoms with Crippen LogP contribution in [-0.4, -0.2) is 73.6 Å². The summed E-state index contributed by atoms with van der Waals surface area (Å²) in [6, 6.07) is 12.4. The minimum atomic E-state index is 0.146. The third kappa shape index (κ3) is 5.37. The molecule has 31 heavy (non-hydrogen) atoms. The minimum absolute atomic E-state index is 0.146. The SMILES string of the molecule is COc1cccc(CCC2CCCCN2C(=O)c2ccnc(N3CCN(C)CC3)c2)c1. The zero-order valence-corrected chi connectivity index (χ0v) is 18.8. The molecule has 1 amide bonds. The molecule has 6 nitrogen and oxygen atoms in total.